The summed E-state index contributed by atoms with van der Waals surface area (Å²) >= 11 is 0. The zero-order valence-corrected chi connectivity index (χ0v) is 10.8. The zero-order chi connectivity index (χ0) is 13.4. The lowest BCUT2D eigenvalue weighted by atomic mass is 9.96. The third kappa shape index (κ3) is 1.98. The summed E-state index contributed by atoms with van der Waals surface area (Å²) in [6, 6.07) is 5.85. The van der Waals surface area contributed by atoms with Crippen LogP contribution in [0.2, 0.25) is 0 Å². The molecule has 1 aliphatic heterocycles. The standard InChI is InChI=1S/C15H15NO3/c1-2-9-3-4-12-10(7-9)14(15(17)18)11-8-19-6-5-13(11)16-12/h3-4,7H,2,5-6,8H2,1H3,(H,17,18). The number of aromatic carboxylic acids is 1. The summed E-state index contributed by atoms with van der Waals surface area (Å²) in [5, 5.41) is 10.2. The molecular weight excluding hydrogens is 242 g/mol. The van der Waals surface area contributed by atoms with Gasteiger partial charge in [-0.15, -0.1) is 0 Å². The predicted octanol–water partition coefficient (Wildman–Crippen LogP) is 2.57. The van der Waals surface area contributed by atoms with Gasteiger partial charge in [0, 0.05) is 23.1 Å². The topological polar surface area (TPSA) is 59.4 Å². The second kappa shape index (κ2) is 4.63. The van der Waals surface area contributed by atoms with E-state index < -0.39 is 5.97 Å². The number of aromatic nitrogens is 1. The van der Waals surface area contributed by atoms with E-state index in [4.69, 9.17) is 4.74 Å². The lowest BCUT2D eigenvalue weighted by Crippen LogP contribution is -2.17. The van der Waals surface area contributed by atoms with Crippen molar-refractivity contribution in [2.45, 2.75) is 26.4 Å². The Bertz CT molecular complexity index is 664. The third-order valence-corrected chi connectivity index (χ3v) is 3.59. The molecule has 0 radical (unpaired) electrons. The molecule has 2 aromatic rings. The van der Waals surface area contributed by atoms with Gasteiger partial charge < -0.3 is 9.84 Å². The molecule has 0 spiro atoms. The Morgan fingerprint density at radius 1 is 1.47 bits per heavy atom. The van der Waals surface area contributed by atoms with Crippen LogP contribution in [0.3, 0.4) is 0 Å². The highest BCUT2D eigenvalue weighted by atomic mass is 16.5. The zero-order valence-electron chi connectivity index (χ0n) is 10.8. The molecule has 0 fully saturated rings. The van der Waals surface area contributed by atoms with Crippen molar-refractivity contribution >= 4 is 16.9 Å². The van der Waals surface area contributed by atoms with Crippen LogP contribution in [0.15, 0.2) is 18.2 Å². The molecule has 0 bridgehead atoms. The minimum atomic E-state index is -0.901. The first-order valence-corrected chi connectivity index (χ1v) is 6.46. The van der Waals surface area contributed by atoms with Crippen molar-refractivity contribution in [3.8, 4) is 0 Å². The van der Waals surface area contributed by atoms with Crippen LogP contribution in [0.1, 0.15) is 34.1 Å². The largest absolute Gasteiger partial charge is 0.478 e. The van der Waals surface area contributed by atoms with Gasteiger partial charge in [-0.3, -0.25) is 4.98 Å². The Balaban J connectivity index is 2.36. The maximum atomic E-state index is 11.6. The molecule has 4 heteroatoms. The van der Waals surface area contributed by atoms with Gasteiger partial charge in [0.15, 0.2) is 0 Å². The van der Waals surface area contributed by atoms with Crippen molar-refractivity contribution in [3.05, 3.63) is 40.6 Å². The second-order valence-corrected chi connectivity index (χ2v) is 4.72. The molecule has 0 aliphatic carbocycles. The summed E-state index contributed by atoms with van der Waals surface area (Å²) in [7, 11) is 0. The molecule has 19 heavy (non-hydrogen) atoms. The molecule has 0 saturated heterocycles. The molecule has 1 aliphatic rings. The molecular formula is C15H15NO3. The van der Waals surface area contributed by atoms with E-state index in [0.717, 1.165) is 34.1 Å². The number of benzene rings is 1. The first-order chi connectivity index (χ1) is 9.20. The molecule has 0 atom stereocenters. The SMILES string of the molecule is CCc1ccc2nc3c(c(C(=O)O)c2c1)COCC3. The minimum Gasteiger partial charge on any atom is -0.478 e. The number of carboxylic acids is 1. The second-order valence-electron chi connectivity index (χ2n) is 4.72. The Morgan fingerprint density at radius 3 is 3.05 bits per heavy atom. The van der Waals surface area contributed by atoms with Crippen molar-refractivity contribution < 1.29 is 14.6 Å². The van der Waals surface area contributed by atoms with Gasteiger partial charge in [-0.1, -0.05) is 13.0 Å². The first kappa shape index (κ1) is 12.1. The Morgan fingerprint density at radius 2 is 2.32 bits per heavy atom. The average Bonchev–Trinajstić information content (AvgIpc) is 2.43. The number of ether oxygens (including phenoxy) is 1. The number of rotatable bonds is 2. The van der Waals surface area contributed by atoms with Crippen LogP contribution in [-0.2, 0) is 24.2 Å². The van der Waals surface area contributed by atoms with Crippen LogP contribution in [-0.4, -0.2) is 22.7 Å². The molecule has 0 saturated carbocycles. The summed E-state index contributed by atoms with van der Waals surface area (Å²) in [6.45, 7) is 3.00. The predicted molar refractivity (Wildman–Crippen MR) is 71.4 cm³/mol. The van der Waals surface area contributed by atoms with Crippen LogP contribution >= 0.6 is 0 Å². The van der Waals surface area contributed by atoms with Crippen LogP contribution in [0.25, 0.3) is 10.9 Å². The molecule has 4 nitrogen and oxygen atoms in total. The van der Waals surface area contributed by atoms with Gasteiger partial charge in [-0.2, -0.15) is 0 Å². The average molecular weight is 257 g/mol. The van der Waals surface area contributed by atoms with E-state index in [0.29, 0.717) is 25.2 Å². The number of fused-ring (bicyclic) bond motifs is 2. The molecule has 0 unspecified atom stereocenters. The number of aryl methyl sites for hydroxylation is 1. The van der Waals surface area contributed by atoms with Crippen molar-refractivity contribution in [1.82, 2.24) is 4.98 Å². The highest BCUT2D eigenvalue weighted by molar-refractivity contribution is 6.04. The van der Waals surface area contributed by atoms with E-state index in [-0.39, 0.29) is 0 Å². The maximum Gasteiger partial charge on any atom is 0.336 e. The molecule has 98 valence electrons. The fourth-order valence-electron chi connectivity index (χ4n) is 2.57. The summed E-state index contributed by atoms with van der Waals surface area (Å²) < 4.78 is 5.39. The van der Waals surface area contributed by atoms with Gasteiger partial charge in [-0.05, 0) is 24.1 Å². The lowest BCUT2D eigenvalue weighted by molar-refractivity contribution is 0.0683. The fraction of sp³-hybridized carbons (Fsp3) is 0.333. The highest BCUT2D eigenvalue weighted by Gasteiger charge is 2.22. The van der Waals surface area contributed by atoms with E-state index in [1.807, 2.05) is 18.2 Å². The summed E-state index contributed by atoms with van der Waals surface area (Å²) in [4.78, 5) is 16.2. The number of hydrogen-bond donors (Lipinski definition) is 1. The Hall–Kier alpha value is -1.94. The Kier molecular flexibility index (Phi) is 2.95. The Labute approximate surface area is 111 Å². The molecule has 1 aromatic heterocycles. The number of nitrogens with zero attached hydrogens (tertiary/aromatic N) is 1. The summed E-state index contributed by atoms with van der Waals surface area (Å²) in [5.74, 6) is -0.901. The molecule has 1 N–H and O–H groups in total. The molecule has 0 amide bonds. The number of pyridine rings is 1. The highest BCUT2D eigenvalue weighted by Crippen LogP contribution is 2.28. The van der Waals surface area contributed by atoms with Gasteiger partial charge in [0.1, 0.15) is 0 Å². The minimum absolute atomic E-state index is 0.344. The van der Waals surface area contributed by atoms with Gasteiger partial charge in [0.2, 0.25) is 0 Å². The van der Waals surface area contributed by atoms with E-state index in [2.05, 4.69) is 11.9 Å². The van der Waals surface area contributed by atoms with Gasteiger partial charge in [0.25, 0.3) is 0 Å². The fourth-order valence-corrected chi connectivity index (χ4v) is 2.57. The lowest BCUT2D eigenvalue weighted by Gasteiger charge is -2.19. The van der Waals surface area contributed by atoms with Crippen LogP contribution in [0.4, 0.5) is 0 Å². The van der Waals surface area contributed by atoms with Crippen LogP contribution in [0.5, 0.6) is 0 Å². The molecule has 1 aromatic carbocycles. The van der Waals surface area contributed by atoms with Gasteiger partial charge >= 0.3 is 5.97 Å². The van der Waals surface area contributed by atoms with Crippen molar-refractivity contribution in [3.63, 3.8) is 0 Å². The van der Waals surface area contributed by atoms with Crippen molar-refractivity contribution in [1.29, 1.82) is 0 Å². The third-order valence-electron chi connectivity index (χ3n) is 3.59. The number of carbonyl (C=O) groups is 1. The monoisotopic (exact) mass is 257 g/mol. The summed E-state index contributed by atoms with van der Waals surface area (Å²) in [5.41, 5.74) is 3.83. The van der Waals surface area contributed by atoms with Gasteiger partial charge in [0.05, 0.1) is 24.3 Å². The van der Waals surface area contributed by atoms with Gasteiger partial charge in [-0.25, -0.2) is 4.79 Å². The quantitative estimate of drug-likeness (QED) is 0.898. The molecule has 2 heterocycles. The normalized spacial score (nSPS) is 14.4. The maximum absolute atomic E-state index is 11.6. The van der Waals surface area contributed by atoms with Crippen LogP contribution < -0.4 is 0 Å². The first-order valence-electron chi connectivity index (χ1n) is 6.46. The summed E-state index contributed by atoms with van der Waals surface area (Å²) in [6.07, 6.45) is 1.56. The number of carboxylic acid groups (broad SMARTS) is 1. The van der Waals surface area contributed by atoms with E-state index in [1.165, 1.54) is 0 Å². The van der Waals surface area contributed by atoms with E-state index >= 15 is 0 Å². The van der Waals surface area contributed by atoms with E-state index in [9.17, 15) is 9.90 Å². The smallest absolute Gasteiger partial charge is 0.336 e. The molecule has 3 rings (SSSR count). The van der Waals surface area contributed by atoms with Crippen LogP contribution in [0, 0.1) is 0 Å². The van der Waals surface area contributed by atoms with Crippen molar-refractivity contribution in [2.75, 3.05) is 6.61 Å². The van der Waals surface area contributed by atoms with Crippen molar-refractivity contribution in [2.24, 2.45) is 0 Å². The number of hydrogen-bond acceptors (Lipinski definition) is 3. The van der Waals surface area contributed by atoms with E-state index in [1.54, 1.807) is 0 Å².